The molecule has 2 N–H and O–H groups in total. The molecule has 0 unspecified atom stereocenters. The van der Waals surface area contributed by atoms with E-state index in [0.717, 1.165) is 24.5 Å². The molecule has 0 aliphatic rings. The number of hydrogen-bond acceptors (Lipinski definition) is 6. The minimum absolute atomic E-state index is 0.0979. The summed E-state index contributed by atoms with van der Waals surface area (Å²) < 4.78 is 5.85. The number of phenolic OH excluding ortho intramolecular Hbond substituents is 1. The normalized spacial score (nSPS) is 11.6. The van der Waals surface area contributed by atoms with Crippen molar-refractivity contribution in [1.82, 2.24) is 0 Å². The van der Waals surface area contributed by atoms with Gasteiger partial charge in [-0.25, -0.2) is 0 Å². The first-order chi connectivity index (χ1) is 16.7. The number of aliphatic hydroxyl groups is 1. The van der Waals surface area contributed by atoms with Crippen molar-refractivity contribution in [3.05, 3.63) is 48.0 Å². The van der Waals surface area contributed by atoms with Crippen LogP contribution in [-0.4, -0.2) is 36.2 Å². The third kappa shape index (κ3) is 11.9. The van der Waals surface area contributed by atoms with Gasteiger partial charge in [0.05, 0.1) is 18.0 Å². The molecule has 6 nitrogen and oxygen atoms in total. The predicted octanol–water partition coefficient (Wildman–Crippen LogP) is 7.91. The van der Waals surface area contributed by atoms with Crippen LogP contribution in [0.4, 0.5) is 11.4 Å². The Morgan fingerprint density at radius 2 is 1.38 bits per heavy atom. The molecule has 0 saturated heterocycles. The van der Waals surface area contributed by atoms with E-state index in [0.29, 0.717) is 24.2 Å². The molecule has 0 amide bonds. The molecule has 0 aliphatic carbocycles. The zero-order chi connectivity index (χ0) is 24.3. The highest BCUT2D eigenvalue weighted by Crippen LogP contribution is 2.25. The number of azo groups is 1. The van der Waals surface area contributed by atoms with Crippen molar-refractivity contribution in [2.75, 3.05) is 19.8 Å². The van der Waals surface area contributed by atoms with Crippen LogP contribution in [0.2, 0.25) is 0 Å². The van der Waals surface area contributed by atoms with E-state index in [-0.39, 0.29) is 12.4 Å². The van der Waals surface area contributed by atoms with Gasteiger partial charge in [-0.05, 0) is 55.3 Å². The molecule has 0 spiro atoms. The van der Waals surface area contributed by atoms with Gasteiger partial charge in [-0.15, -0.1) is 0 Å². The second-order valence-electron chi connectivity index (χ2n) is 8.58. The minimum atomic E-state index is 0.0979. The number of aromatic hydroxyl groups is 1. The first-order valence-corrected chi connectivity index (χ1v) is 12.8. The lowest BCUT2D eigenvalue weighted by atomic mass is 10.1. The van der Waals surface area contributed by atoms with Crippen molar-refractivity contribution in [3.63, 3.8) is 0 Å². The Bertz CT molecular complexity index is 850. The summed E-state index contributed by atoms with van der Waals surface area (Å²) in [6, 6.07) is 12.6. The molecule has 0 aromatic heterocycles. The summed E-state index contributed by atoms with van der Waals surface area (Å²) in [7, 11) is 0. The molecule has 0 heterocycles. The monoisotopic (exact) mass is 467 g/mol. The van der Waals surface area contributed by atoms with E-state index < -0.39 is 0 Å². The number of aliphatic hydroxyl groups excluding tert-OH is 1. The van der Waals surface area contributed by atoms with E-state index in [4.69, 9.17) is 9.84 Å². The van der Waals surface area contributed by atoms with Gasteiger partial charge in [0.25, 0.3) is 0 Å². The van der Waals surface area contributed by atoms with Crippen LogP contribution in [-0.2, 0) is 0 Å². The minimum Gasteiger partial charge on any atom is -0.507 e. The van der Waals surface area contributed by atoms with Gasteiger partial charge >= 0.3 is 0 Å². The highest BCUT2D eigenvalue weighted by Gasteiger charge is 2.01. The number of phenols is 1. The maximum atomic E-state index is 9.96. The second-order valence-corrected chi connectivity index (χ2v) is 8.58. The van der Waals surface area contributed by atoms with Crippen LogP contribution in [0, 0.1) is 0 Å². The van der Waals surface area contributed by atoms with E-state index in [1.54, 1.807) is 24.4 Å². The summed E-state index contributed by atoms with van der Waals surface area (Å²) in [5, 5.41) is 27.3. The fourth-order valence-corrected chi connectivity index (χ4v) is 3.54. The third-order valence-electron chi connectivity index (χ3n) is 5.57. The molecule has 0 radical (unpaired) electrons. The van der Waals surface area contributed by atoms with Crippen molar-refractivity contribution in [1.29, 1.82) is 0 Å². The molecule has 0 bridgehead atoms. The molecule has 0 saturated carbocycles. The highest BCUT2D eigenvalue weighted by molar-refractivity contribution is 5.84. The van der Waals surface area contributed by atoms with Gasteiger partial charge in [0.1, 0.15) is 11.5 Å². The zero-order valence-corrected chi connectivity index (χ0v) is 20.7. The average Bonchev–Trinajstić information content (AvgIpc) is 2.86. The Balaban J connectivity index is 1.67. The standard InChI is InChI=1S/C28H41N3O3/c1-2-3-4-5-6-7-8-9-10-11-21-34-27-16-13-25(14-17-27)30-31-26-15-18-28(33)24(22-26)23-29-19-12-20-32/h13-18,22-23,32-33H,2-12,19-21H2,1H3. The van der Waals surface area contributed by atoms with Crippen molar-refractivity contribution < 1.29 is 14.9 Å². The van der Waals surface area contributed by atoms with Gasteiger partial charge in [0.2, 0.25) is 0 Å². The van der Waals surface area contributed by atoms with E-state index in [2.05, 4.69) is 22.1 Å². The molecule has 2 aromatic carbocycles. The Hall–Kier alpha value is -2.73. The van der Waals surface area contributed by atoms with Crippen LogP contribution in [0.1, 0.15) is 83.1 Å². The van der Waals surface area contributed by atoms with E-state index >= 15 is 0 Å². The molecule has 2 aromatic rings. The SMILES string of the molecule is CCCCCCCCCCCCOc1ccc(N=Nc2ccc(O)c(C=NCCCO)c2)cc1. The van der Waals surface area contributed by atoms with Crippen LogP contribution < -0.4 is 4.74 Å². The maximum absolute atomic E-state index is 9.96. The van der Waals surface area contributed by atoms with E-state index in [9.17, 15) is 5.11 Å². The van der Waals surface area contributed by atoms with Crippen molar-refractivity contribution >= 4 is 17.6 Å². The number of aliphatic imine (C=N–C) groups is 1. The highest BCUT2D eigenvalue weighted by atomic mass is 16.5. The first-order valence-electron chi connectivity index (χ1n) is 12.8. The number of unbranched alkanes of at least 4 members (excludes halogenated alkanes) is 9. The van der Waals surface area contributed by atoms with Gasteiger partial charge in [-0.3, -0.25) is 4.99 Å². The quantitative estimate of drug-likeness (QED) is 0.133. The fraction of sp³-hybridized carbons (Fsp3) is 0.536. The summed E-state index contributed by atoms with van der Waals surface area (Å²) in [6.07, 6.45) is 15.4. The summed E-state index contributed by atoms with van der Waals surface area (Å²) in [5.74, 6) is 0.983. The summed E-state index contributed by atoms with van der Waals surface area (Å²) in [6.45, 7) is 3.61. The van der Waals surface area contributed by atoms with Crippen LogP contribution >= 0.6 is 0 Å². The van der Waals surface area contributed by atoms with Gasteiger partial charge in [-0.1, -0.05) is 64.7 Å². The van der Waals surface area contributed by atoms with Crippen molar-refractivity contribution in [2.24, 2.45) is 15.2 Å². The smallest absolute Gasteiger partial charge is 0.124 e. The van der Waals surface area contributed by atoms with Gasteiger partial charge in [0, 0.05) is 24.9 Å². The topological polar surface area (TPSA) is 86.8 Å². The molecule has 0 fully saturated rings. The molecule has 34 heavy (non-hydrogen) atoms. The summed E-state index contributed by atoms with van der Waals surface area (Å²) >= 11 is 0. The van der Waals surface area contributed by atoms with E-state index in [1.165, 1.54) is 57.8 Å². The Morgan fingerprint density at radius 1 is 0.765 bits per heavy atom. The lowest BCUT2D eigenvalue weighted by Crippen LogP contribution is -1.96. The zero-order valence-electron chi connectivity index (χ0n) is 20.7. The van der Waals surface area contributed by atoms with Crippen molar-refractivity contribution in [2.45, 2.75) is 77.6 Å². The van der Waals surface area contributed by atoms with Crippen LogP contribution in [0.3, 0.4) is 0 Å². The number of ether oxygens (including phenoxy) is 1. The molecule has 186 valence electrons. The van der Waals surface area contributed by atoms with E-state index in [1.807, 2.05) is 24.3 Å². The van der Waals surface area contributed by atoms with Gasteiger partial charge in [-0.2, -0.15) is 10.2 Å². The Labute approximate surface area is 204 Å². The molecular formula is C28H41N3O3. The van der Waals surface area contributed by atoms with Crippen LogP contribution in [0.25, 0.3) is 0 Å². The predicted molar refractivity (Wildman–Crippen MR) is 140 cm³/mol. The maximum Gasteiger partial charge on any atom is 0.124 e. The molecule has 0 aliphatic heterocycles. The van der Waals surface area contributed by atoms with Crippen LogP contribution in [0.15, 0.2) is 57.7 Å². The lowest BCUT2D eigenvalue weighted by Gasteiger charge is -2.06. The Morgan fingerprint density at radius 3 is 2.06 bits per heavy atom. The number of hydrogen-bond donors (Lipinski definition) is 2. The number of benzene rings is 2. The lowest BCUT2D eigenvalue weighted by molar-refractivity contribution is 0.291. The summed E-state index contributed by atoms with van der Waals surface area (Å²) in [4.78, 5) is 4.19. The Kier molecular flexibility index (Phi) is 14.3. The van der Waals surface area contributed by atoms with Crippen molar-refractivity contribution in [3.8, 4) is 11.5 Å². The third-order valence-corrected chi connectivity index (χ3v) is 5.57. The molecule has 0 atom stereocenters. The van der Waals surface area contributed by atoms with Gasteiger partial charge in [0.15, 0.2) is 0 Å². The second kappa shape index (κ2) is 17.7. The fourth-order valence-electron chi connectivity index (χ4n) is 3.54. The molecule has 6 heteroatoms. The van der Waals surface area contributed by atoms with Gasteiger partial charge < -0.3 is 14.9 Å². The number of nitrogens with zero attached hydrogens (tertiary/aromatic N) is 3. The molecule has 2 rings (SSSR count). The number of rotatable bonds is 18. The summed E-state index contributed by atoms with van der Waals surface area (Å²) in [5.41, 5.74) is 1.94. The largest absolute Gasteiger partial charge is 0.507 e. The van der Waals surface area contributed by atoms with Crippen LogP contribution in [0.5, 0.6) is 11.5 Å². The average molecular weight is 468 g/mol. The molecular weight excluding hydrogens is 426 g/mol. The first kappa shape index (κ1) is 27.5.